The van der Waals surface area contributed by atoms with E-state index >= 15 is 0 Å². The zero-order valence-electron chi connectivity index (χ0n) is 22.0. The zero-order chi connectivity index (χ0) is 26.1. The predicted octanol–water partition coefficient (Wildman–Crippen LogP) is 2.52. The number of carbonyl (C=O) groups is 3. The normalized spacial score (nSPS) is 22.6. The second-order valence-corrected chi connectivity index (χ2v) is 11.0. The van der Waals surface area contributed by atoms with Crippen LogP contribution >= 0.6 is 0 Å². The number of amides is 2. The lowest BCUT2D eigenvalue weighted by atomic mass is 9.75. The Morgan fingerprint density at radius 2 is 1.69 bits per heavy atom. The molecule has 0 N–H and O–H groups in total. The predicted molar refractivity (Wildman–Crippen MR) is 135 cm³/mol. The number of likely N-dealkylation sites (N-methyl/N-ethyl adjacent to an activating group) is 1. The van der Waals surface area contributed by atoms with E-state index in [2.05, 4.69) is 9.80 Å². The summed E-state index contributed by atoms with van der Waals surface area (Å²) >= 11 is 0. The zero-order valence-corrected chi connectivity index (χ0v) is 22.0. The van der Waals surface area contributed by atoms with E-state index in [9.17, 15) is 18.8 Å². The molecule has 0 saturated carbocycles. The van der Waals surface area contributed by atoms with Crippen molar-refractivity contribution in [3.63, 3.8) is 0 Å². The molecule has 4 rings (SSSR count). The van der Waals surface area contributed by atoms with E-state index in [4.69, 9.17) is 4.74 Å². The summed E-state index contributed by atoms with van der Waals surface area (Å²) < 4.78 is 19.0. The minimum Gasteiger partial charge on any atom is -0.462 e. The van der Waals surface area contributed by atoms with Gasteiger partial charge in [0.15, 0.2) is 0 Å². The fraction of sp³-hybridized carbons (Fsp3) is 0.667. The summed E-state index contributed by atoms with van der Waals surface area (Å²) in [6.45, 7) is 10.5. The Bertz CT molecular complexity index is 966. The fourth-order valence-corrected chi connectivity index (χ4v) is 5.68. The number of esters is 1. The number of nitrogens with zero attached hydrogens (tertiary/aromatic N) is 4. The van der Waals surface area contributed by atoms with Gasteiger partial charge in [0.1, 0.15) is 17.5 Å². The molecule has 0 bridgehead atoms. The molecule has 0 radical (unpaired) electrons. The van der Waals surface area contributed by atoms with Crippen molar-refractivity contribution >= 4 is 23.5 Å². The quantitative estimate of drug-likeness (QED) is 0.557. The van der Waals surface area contributed by atoms with Crippen LogP contribution in [0.25, 0.3) is 0 Å². The molecule has 1 atom stereocenters. The molecule has 0 unspecified atom stereocenters. The fourth-order valence-electron chi connectivity index (χ4n) is 5.68. The summed E-state index contributed by atoms with van der Waals surface area (Å²) in [5, 5.41) is 0. The van der Waals surface area contributed by atoms with Crippen LogP contribution < -0.4 is 4.90 Å². The van der Waals surface area contributed by atoms with Gasteiger partial charge in [-0.2, -0.15) is 0 Å². The van der Waals surface area contributed by atoms with Crippen LogP contribution in [0.4, 0.5) is 10.1 Å². The van der Waals surface area contributed by atoms with Crippen molar-refractivity contribution in [2.24, 2.45) is 5.41 Å². The summed E-state index contributed by atoms with van der Waals surface area (Å²) in [5.41, 5.74) is -0.376. The average molecular weight is 503 g/mol. The van der Waals surface area contributed by atoms with Gasteiger partial charge in [-0.1, -0.05) is 0 Å². The largest absolute Gasteiger partial charge is 0.462 e. The van der Waals surface area contributed by atoms with Gasteiger partial charge < -0.3 is 19.4 Å². The minimum absolute atomic E-state index is 0.0854. The van der Waals surface area contributed by atoms with Gasteiger partial charge in [-0.3, -0.25) is 19.3 Å². The van der Waals surface area contributed by atoms with Crippen molar-refractivity contribution in [1.82, 2.24) is 14.7 Å². The van der Waals surface area contributed by atoms with Gasteiger partial charge in [-0.15, -0.1) is 0 Å². The van der Waals surface area contributed by atoms with Crippen molar-refractivity contribution in [2.75, 3.05) is 57.8 Å². The van der Waals surface area contributed by atoms with E-state index in [1.807, 2.05) is 12.1 Å². The van der Waals surface area contributed by atoms with Gasteiger partial charge in [0.2, 0.25) is 11.8 Å². The highest BCUT2D eigenvalue weighted by Crippen LogP contribution is 2.44. The van der Waals surface area contributed by atoms with Crippen LogP contribution in [0.15, 0.2) is 24.3 Å². The first-order valence-corrected chi connectivity index (χ1v) is 13.0. The van der Waals surface area contributed by atoms with Crippen LogP contribution in [0.1, 0.15) is 46.5 Å². The Morgan fingerprint density at radius 3 is 2.28 bits per heavy atom. The number of hydrogen-bond acceptors (Lipinski definition) is 6. The molecule has 0 aromatic heterocycles. The first kappa shape index (κ1) is 26.4. The Hall–Kier alpha value is -2.68. The van der Waals surface area contributed by atoms with Gasteiger partial charge >= 0.3 is 5.97 Å². The number of cyclic esters (lactones) is 1. The number of hydrogen-bond donors (Lipinski definition) is 0. The Kier molecular flexibility index (Phi) is 7.59. The standard InChI is InChI=1S/C27H39FN4O4/c1-20(33)29(4)26(2,3)24(34)32-13-10-27(11-14-32)19-23(36-25(27)35)9-12-30-15-17-31(18-16-30)22-7-5-21(28)6-8-22/h5-8,23H,9-19H2,1-4H3/t23-/m0/s1. The molecule has 3 aliphatic heterocycles. The lowest BCUT2D eigenvalue weighted by Crippen LogP contribution is -2.58. The lowest BCUT2D eigenvalue weighted by molar-refractivity contribution is -0.156. The molecule has 2 amide bonds. The highest BCUT2D eigenvalue weighted by Gasteiger charge is 2.51. The number of piperidine rings is 1. The third kappa shape index (κ3) is 5.36. The second kappa shape index (κ2) is 10.4. The Balaban J connectivity index is 1.23. The van der Waals surface area contributed by atoms with Crippen LogP contribution in [0, 0.1) is 11.2 Å². The lowest BCUT2D eigenvalue weighted by Gasteiger charge is -2.42. The number of rotatable bonds is 6. The monoisotopic (exact) mass is 502 g/mol. The highest BCUT2D eigenvalue weighted by molar-refractivity contribution is 5.90. The van der Waals surface area contributed by atoms with Crippen LogP contribution in [0.3, 0.4) is 0 Å². The van der Waals surface area contributed by atoms with Crippen molar-refractivity contribution in [3.05, 3.63) is 30.1 Å². The number of piperazine rings is 1. The highest BCUT2D eigenvalue weighted by atomic mass is 19.1. The topological polar surface area (TPSA) is 73.4 Å². The van der Waals surface area contributed by atoms with E-state index < -0.39 is 11.0 Å². The molecule has 9 heteroatoms. The molecule has 8 nitrogen and oxygen atoms in total. The molecular weight excluding hydrogens is 463 g/mol. The SMILES string of the molecule is CC(=O)N(C)C(C)(C)C(=O)N1CCC2(CC1)C[C@H](CCN1CCN(c3ccc(F)cc3)CC1)OC2=O. The number of ether oxygens (including phenoxy) is 1. The van der Waals surface area contributed by atoms with Crippen molar-refractivity contribution < 1.29 is 23.5 Å². The molecule has 1 aromatic carbocycles. The summed E-state index contributed by atoms with van der Waals surface area (Å²) in [5.74, 6) is -0.581. The van der Waals surface area contributed by atoms with E-state index in [1.165, 1.54) is 24.0 Å². The molecule has 3 fully saturated rings. The van der Waals surface area contributed by atoms with Crippen LogP contribution in [0.5, 0.6) is 0 Å². The van der Waals surface area contributed by atoms with E-state index in [0.29, 0.717) is 32.4 Å². The van der Waals surface area contributed by atoms with Gasteiger partial charge in [0.05, 0.1) is 5.41 Å². The maximum atomic E-state index is 13.2. The third-order valence-electron chi connectivity index (χ3n) is 8.50. The van der Waals surface area contributed by atoms with Gasteiger partial charge in [0, 0.05) is 71.9 Å². The number of likely N-dealkylation sites (tertiary alicyclic amines) is 1. The van der Waals surface area contributed by atoms with E-state index in [1.54, 1.807) is 25.8 Å². The molecule has 198 valence electrons. The average Bonchev–Trinajstić information content (AvgIpc) is 3.17. The van der Waals surface area contributed by atoms with Crippen LogP contribution in [-0.2, 0) is 19.1 Å². The first-order valence-electron chi connectivity index (χ1n) is 13.0. The smallest absolute Gasteiger partial charge is 0.312 e. The summed E-state index contributed by atoms with van der Waals surface area (Å²) in [4.78, 5) is 45.7. The molecular formula is C27H39FN4O4. The molecule has 1 spiro atoms. The molecule has 3 aliphatic rings. The second-order valence-electron chi connectivity index (χ2n) is 11.0. The van der Waals surface area contributed by atoms with Crippen LogP contribution in [0.2, 0.25) is 0 Å². The summed E-state index contributed by atoms with van der Waals surface area (Å²) in [6.07, 6.45) is 2.63. The molecule has 36 heavy (non-hydrogen) atoms. The minimum atomic E-state index is -0.921. The number of anilines is 1. The maximum Gasteiger partial charge on any atom is 0.312 e. The van der Waals surface area contributed by atoms with Crippen molar-refractivity contribution in [1.29, 1.82) is 0 Å². The van der Waals surface area contributed by atoms with Crippen molar-refractivity contribution in [2.45, 2.75) is 58.1 Å². The van der Waals surface area contributed by atoms with Gasteiger partial charge in [-0.05, 0) is 57.4 Å². The van der Waals surface area contributed by atoms with Crippen molar-refractivity contribution in [3.8, 4) is 0 Å². The molecule has 3 saturated heterocycles. The van der Waals surface area contributed by atoms with Crippen LogP contribution in [-0.4, -0.2) is 97.0 Å². The van der Waals surface area contributed by atoms with E-state index in [-0.39, 0.29) is 29.7 Å². The number of benzene rings is 1. The Morgan fingerprint density at radius 1 is 1.08 bits per heavy atom. The molecule has 0 aliphatic carbocycles. The third-order valence-corrected chi connectivity index (χ3v) is 8.50. The maximum absolute atomic E-state index is 13.2. The van der Waals surface area contributed by atoms with E-state index in [0.717, 1.165) is 44.8 Å². The number of carbonyl (C=O) groups excluding carboxylic acids is 3. The molecule has 1 aromatic rings. The first-order chi connectivity index (χ1) is 17.0. The van der Waals surface area contributed by atoms with Gasteiger partial charge in [0.25, 0.3) is 0 Å². The summed E-state index contributed by atoms with van der Waals surface area (Å²) in [6, 6.07) is 6.64. The van der Waals surface area contributed by atoms with Gasteiger partial charge in [-0.25, -0.2) is 4.39 Å². The summed E-state index contributed by atoms with van der Waals surface area (Å²) in [7, 11) is 1.65. The molecule has 3 heterocycles. The number of halogens is 1. The Labute approximate surface area is 213 Å².